The summed E-state index contributed by atoms with van der Waals surface area (Å²) in [5.41, 5.74) is 0.704. The van der Waals surface area contributed by atoms with Crippen LogP contribution in [0.15, 0.2) is 29.2 Å². The predicted molar refractivity (Wildman–Crippen MR) is 78.3 cm³/mol. The molecule has 0 aliphatic carbocycles. The molecular formula is C14H22N2O2S. The van der Waals surface area contributed by atoms with Crippen LogP contribution in [0.25, 0.3) is 0 Å². The summed E-state index contributed by atoms with van der Waals surface area (Å²) in [5, 5.41) is 6.78. The lowest BCUT2D eigenvalue weighted by Crippen LogP contribution is -2.29. The molecule has 1 aliphatic heterocycles. The Labute approximate surface area is 115 Å². The minimum absolute atomic E-state index is 0.249. The first-order chi connectivity index (χ1) is 8.97. The topological polar surface area (TPSA) is 58.2 Å². The molecule has 1 aromatic rings. The highest BCUT2D eigenvalue weighted by molar-refractivity contribution is 7.90. The van der Waals surface area contributed by atoms with Gasteiger partial charge in [0, 0.05) is 18.3 Å². The monoisotopic (exact) mass is 282 g/mol. The van der Waals surface area contributed by atoms with Gasteiger partial charge in [0.1, 0.15) is 0 Å². The van der Waals surface area contributed by atoms with Crippen LogP contribution in [0.1, 0.15) is 26.2 Å². The summed E-state index contributed by atoms with van der Waals surface area (Å²) in [7, 11) is -3.18. The number of hydrogen-bond acceptors (Lipinski definition) is 4. The van der Waals surface area contributed by atoms with Gasteiger partial charge in [0.15, 0.2) is 9.84 Å². The third-order valence-corrected chi connectivity index (χ3v) is 4.64. The molecule has 2 rings (SSSR count). The van der Waals surface area contributed by atoms with Gasteiger partial charge in [-0.3, -0.25) is 0 Å². The summed E-state index contributed by atoms with van der Waals surface area (Å²) < 4.78 is 23.5. The fraction of sp³-hybridized carbons (Fsp3) is 0.571. The maximum atomic E-state index is 11.7. The Kier molecular flexibility index (Phi) is 4.47. The second-order valence-electron chi connectivity index (χ2n) is 5.34. The maximum Gasteiger partial charge on any atom is 0.177 e. The first-order valence-corrected chi connectivity index (χ1v) is 8.65. The summed E-state index contributed by atoms with van der Waals surface area (Å²) in [6.07, 6.45) is 4.70. The average Bonchev–Trinajstić information content (AvgIpc) is 2.81. The second kappa shape index (κ2) is 5.92. The third kappa shape index (κ3) is 3.94. The van der Waals surface area contributed by atoms with Gasteiger partial charge in [-0.05, 0) is 44.9 Å². The lowest BCUT2D eigenvalue weighted by atomic mass is 10.1. The Balaban J connectivity index is 2.06. The van der Waals surface area contributed by atoms with Crippen molar-refractivity contribution in [3.8, 4) is 0 Å². The van der Waals surface area contributed by atoms with E-state index >= 15 is 0 Å². The van der Waals surface area contributed by atoms with E-state index in [1.165, 1.54) is 19.1 Å². The molecule has 0 saturated carbocycles. The maximum absolute atomic E-state index is 11.7. The van der Waals surface area contributed by atoms with Crippen LogP contribution in [0.5, 0.6) is 0 Å². The molecule has 106 valence electrons. The van der Waals surface area contributed by atoms with Gasteiger partial charge in [0.2, 0.25) is 0 Å². The van der Waals surface area contributed by atoms with Gasteiger partial charge in [0.25, 0.3) is 0 Å². The lowest BCUT2D eigenvalue weighted by Gasteiger charge is -2.20. The summed E-state index contributed by atoms with van der Waals surface area (Å²) in [6, 6.07) is 7.89. The zero-order chi connectivity index (χ0) is 13.9. The van der Waals surface area contributed by atoms with Gasteiger partial charge < -0.3 is 10.6 Å². The van der Waals surface area contributed by atoms with Crippen LogP contribution in [0.4, 0.5) is 5.69 Å². The number of anilines is 1. The van der Waals surface area contributed by atoms with Crippen molar-refractivity contribution < 1.29 is 8.42 Å². The summed E-state index contributed by atoms with van der Waals surface area (Å²) in [6.45, 7) is 3.19. The number of nitrogens with one attached hydrogen (secondary N) is 2. The first kappa shape index (κ1) is 14.3. The fourth-order valence-corrected chi connectivity index (χ4v) is 3.47. The zero-order valence-corrected chi connectivity index (χ0v) is 12.3. The smallest absolute Gasteiger partial charge is 0.177 e. The average molecular weight is 282 g/mol. The molecule has 0 amide bonds. The van der Waals surface area contributed by atoms with E-state index in [-0.39, 0.29) is 6.04 Å². The van der Waals surface area contributed by atoms with Crippen LogP contribution in [-0.4, -0.2) is 33.3 Å². The first-order valence-electron chi connectivity index (χ1n) is 6.76. The van der Waals surface area contributed by atoms with Gasteiger partial charge in [-0.25, -0.2) is 8.42 Å². The van der Waals surface area contributed by atoms with Crippen LogP contribution in [0, 0.1) is 0 Å². The quantitative estimate of drug-likeness (QED) is 0.867. The largest absolute Gasteiger partial charge is 0.381 e. The van der Waals surface area contributed by atoms with E-state index in [2.05, 4.69) is 17.6 Å². The van der Waals surface area contributed by atoms with Crippen LogP contribution in [0.2, 0.25) is 0 Å². The molecule has 4 nitrogen and oxygen atoms in total. The predicted octanol–water partition coefficient (Wildman–Crippen LogP) is 2.03. The van der Waals surface area contributed by atoms with Gasteiger partial charge in [-0.2, -0.15) is 0 Å². The van der Waals surface area contributed by atoms with Crippen LogP contribution in [0.3, 0.4) is 0 Å². The number of hydrogen-bond donors (Lipinski definition) is 2. The molecule has 0 aromatic heterocycles. The Hall–Kier alpha value is -1.07. The summed E-state index contributed by atoms with van der Waals surface area (Å²) in [5.74, 6) is 0. The highest BCUT2D eigenvalue weighted by atomic mass is 32.2. The van der Waals surface area contributed by atoms with E-state index in [0.717, 1.165) is 13.0 Å². The molecule has 1 saturated heterocycles. The van der Waals surface area contributed by atoms with Gasteiger partial charge in [0.05, 0.1) is 10.6 Å². The molecule has 1 aromatic carbocycles. The Morgan fingerprint density at radius 1 is 1.42 bits per heavy atom. The van der Waals surface area contributed by atoms with Gasteiger partial charge >= 0.3 is 0 Å². The molecule has 1 aliphatic rings. The second-order valence-corrected chi connectivity index (χ2v) is 7.33. The molecule has 0 spiro atoms. The lowest BCUT2D eigenvalue weighted by molar-refractivity contribution is 0.523. The molecule has 1 fully saturated rings. The molecule has 2 N–H and O–H groups in total. The van der Waals surface area contributed by atoms with E-state index < -0.39 is 9.84 Å². The van der Waals surface area contributed by atoms with Crippen molar-refractivity contribution in [2.24, 2.45) is 0 Å². The van der Waals surface area contributed by atoms with Crippen molar-refractivity contribution in [3.05, 3.63) is 24.3 Å². The van der Waals surface area contributed by atoms with Crippen molar-refractivity contribution in [1.82, 2.24) is 5.32 Å². The van der Waals surface area contributed by atoms with E-state index in [4.69, 9.17) is 0 Å². The number of para-hydroxylation sites is 1. The van der Waals surface area contributed by atoms with E-state index in [0.29, 0.717) is 16.6 Å². The fourth-order valence-electron chi connectivity index (χ4n) is 2.62. The molecule has 5 heteroatoms. The number of sulfone groups is 1. The molecular weight excluding hydrogens is 260 g/mol. The van der Waals surface area contributed by atoms with Crippen LogP contribution in [-0.2, 0) is 9.84 Å². The minimum Gasteiger partial charge on any atom is -0.381 e. The van der Waals surface area contributed by atoms with E-state index in [1.54, 1.807) is 12.1 Å². The Morgan fingerprint density at radius 2 is 2.16 bits per heavy atom. The van der Waals surface area contributed by atoms with Crippen LogP contribution >= 0.6 is 0 Å². The summed E-state index contributed by atoms with van der Waals surface area (Å²) in [4.78, 5) is 0.376. The molecule has 0 radical (unpaired) electrons. The number of rotatable bonds is 5. The van der Waals surface area contributed by atoms with Crippen molar-refractivity contribution in [3.63, 3.8) is 0 Å². The number of benzene rings is 1. The Morgan fingerprint density at radius 3 is 2.79 bits per heavy atom. The highest BCUT2D eigenvalue weighted by Crippen LogP contribution is 2.22. The van der Waals surface area contributed by atoms with Crippen LogP contribution < -0.4 is 10.6 Å². The normalized spacial score (nSPS) is 21.3. The summed E-state index contributed by atoms with van der Waals surface area (Å²) >= 11 is 0. The molecule has 2 unspecified atom stereocenters. The Bertz CT molecular complexity index is 522. The van der Waals surface area contributed by atoms with Gasteiger partial charge in [-0.15, -0.1) is 0 Å². The van der Waals surface area contributed by atoms with Crippen molar-refractivity contribution in [2.45, 2.75) is 43.2 Å². The highest BCUT2D eigenvalue weighted by Gasteiger charge is 2.19. The zero-order valence-electron chi connectivity index (χ0n) is 11.5. The minimum atomic E-state index is -3.18. The SMILES string of the molecule is CC(CC1CCCN1)Nc1ccccc1S(C)(=O)=O. The van der Waals surface area contributed by atoms with E-state index in [9.17, 15) is 8.42 Å². The van der Waals surface area contributed by atoms with Crippen molar-refractivity contribution in [2.75, 3.05) is 18.1 Å². The molecule has 2 atom stereocenters. The van der Waals surface area contributed by atoms with Crippen molar-refractivity contribution in [1.29, 1.82) is 0 Å². The van der Waals surface area contributed by atoms with Gasteiger partial charge in [-0.1, -0.05) is 12.1 Å². The van der Waals surface area contributed by atoms with E-state index in [1.807, 2.05) is 12.1 Å². The molecule has 1 heterocycles. The van der Waals surface area contributed by atoms with Crippen molar-refractivity contribution >= 4 is 15.5 Å². The molecule has 0 bridgehead atoms. The standard InChI is InChI=1S/C14H22N2O2S/c1-11(10-12-6-5-9-15-12)16-13-7-3-4-8-14(13)19(2,17)18/h3-4,7-8,11-12,15-16H,5-6,9-10H2,1-2H3. The molecule has 19 heavy (non-hydrogen) atoms. The third-order valence-electron chi connectivity index (χ3n) is 3.49.